The van der Waals surface area contributed by atoms with Crippen LogP contribution in [0.4, 0.5) is 0 Å². The lowest BCUT2D eigenvalue weighted by Crippen LogP contribution is -2.51. The molecule has 3 rings (SSSR count). The molecule has 4 atom stereocenters. The van der Waals surface area contributed by atoms with E-state index in [1.165, 1.54) is 25.7 Å². The third-order valence-corrected chi connectivity index (χ3v) is 5.74. The summed E-state index contributed by atoms with van der Waals surface area (Å²) in [6.45, 7) is 5.59. The molecule has 19 heavy (non-hydrogen) atoms. The predicted molar refractivity (Wildman–Crippen MR) is 76.8 cm³/mol. The molecule has 108 valence electrons. The van der Waals surface area contributed by atoms with E-state index in [0.717, 1.165) is 31.2 Å². The van der Waals surface area contributed by atoms with Crippen molar-refractivity contribution in [1.82, 2.24) is 10.2 Å². The van der Waals surface area contributed by atoms with E-state index in [1.807, 2.05) is 7.05 Å². The minimum absolute atomic E-state index is 0.0425. The lowest BCUT2D eigenvalue weighted by Gasteiger charge is -2.38. The fraction of sp³-hybridized carbons (Fsp3) is 0.938. The number of likely N-dealkylation sites (N-methyl/N-ethyl adjacent to an activating group) is 1. The van der Waals surface area contributed by atoms with Gasteiger partial charge in [0.05, 0.1) is 6.04 Å². The van der Waals surface area contributed by atoms with Crippen molar-refractivity contribution in [3.8, 4) is 0 Å². The minimum Gasteiger partial charge on any atom is -0.338 e. The number of fused-ring (bicyclic) bond motifs is 2. The van der Waals surface area contributed by atoms with Gasteiger partial charge >= 0.3 is 0 Å². The molecule has 0 aromatic carbocycles. The molecule has 0 radical (unpaired) electrons. The smallest absolute Gasteiger partial charge is 0.239 e. The normalized spacial score (nSPS) is 41.6. The lowest BCUT2D eigenvalue weighted by molar-refractivity contribution is -0.137. The Bertz CT molecular complexity index is 366. The van der Waals surface area contributed by atoms with Crippen molar-refractivity contribution in [3.63, 3.8) is 0 Å². The van der Waals surface area contributed by atoms with Gasteiger partial charge in [-0.05, 0) is 56.4 Å². The van der Waals surface area contributed by atoms with Crippen LogP contribution < -0.4 is 5.32 Å². The zero-order valence-corrected chi connectivity index (χ0v) is 12.6. The van der Waals surface area contributed by atoms with E-state index in [9.17, 15) is 4.79 Å². The molecule has 1 N–H and O–H groups in total. The van der Waals surface area contributed by atoms with Crippen LogP contribution in [0.25, 0.3) is 0 Å². The van der Waals surface area contributed by atoms with Gasteiger partial charge in [-0.3, -0.25) is 4.79 Å². The van der Waals surface area contributed by atoms with E-state index in [-0.39, 0.29) is 11.5 Å². The Labute approximate surface area is 117 Å². The predicted octanol–water partition coefficient (Wildman–Crippen LogP) is 2.41. The van der Waals surface area contributed by atoms with Crippen LogP contribution >= 0.6 is 0 Å². The van der Waals surface area contributed by atoms with E-state index in [4.69, 9.17) is 0 Å². The summed E-state index contributed by atoms with van der Waals surface area (Å²) in [4.78, 5) is 15.1. The molecule has 2 bridgehead atoms. The average molecular weight is 264 g/mol. The zero-order valence-electron chi connectivity index (χ0n) is 12.6. The Balaban J connectivity index is 1.82. The van der Waals surface area contributed by atoms with Crippen molar-refractivity contribution < 1.29 is 4.79 Å². The van der Waals surface area contributed by atoms with Crippen molar-refractivity contribution in [1.29, 1.82) is 0 Å². The molecule has 1 saturated heterocycles. The summed E-state index contributed by atoms with van der Waals surface area (Å²) in [6.07, 6.45) is 7.52. The van der Waals surface area contributed by atoms with Crippen LogP contribution in [0.15, 0.2) is 0 Å². The van der Waals surface area contributed by atoms with E-state index < -0.39 is 0 Å². The number of carbonyl (C=O) groups is 1. The van der Waals surface area contributed by atoms with Crippen LogP contribution in [-0.4, -0.2) is 36.5 Å². The van der Waals surface area contributed by atoms with Gasteiger partial charge in [0, 0.05) is 12.6 Å². The molecule has 0 aromatic heterocycles. The van der Waals surface area contributed by atoms with Gasteiger partial charge < -0.3 is 10.2 Å². The first-order valence-corrected chi connectivity index (χ1v) is 7.98. The van der Waals surface area contributed by atoms with Gasteiger partial charge in [-0.1, -0.05) is 20.3 Å². The number of hydrogen-bond acceptors (Lipinski definition) is 2. The highest BCUT2D eigenvalue weighted by atomic mass is 16.2. The zero-order chi connectivity index (χ0) is 13.6. The van der Waals surface area contributed by atoms with Gasteiger partial charge in [0.25, 0.3) is 0 Å². The SMILES string of the molecule is CNC1CCC(C)(C)CN(C2CC3CCC2C3)C1=O. The Kier molecular flexibility index (Phi) is 3.36. The summed E-state index contributed by atoms with van der Waals surface area (Å²) in [7, 11) is 1.93. The summed E-state index contributed by atoms with van der Waals surface area (Å²) in [5.74, 6) is 2.06. The molecule has 1 amide bonds. The standard InChI is InChI=1S/C16H28N2O/c1-16(2)7-6-13(17-3)15(19)18(10-16)14-9-11-4-5-12(14)8-11/h11-14,17H,4-10H2,1-3H3. The second-order valence-corrected chi connectivity index (χ2v) is 7.75. The first-order chi connectivity index (χ1) is 9.00. The summed E-state index contributed by atoms with van der Waals surface area (Å²) in [5, 5.41) is 3.24. The highest BCUT2D eigenvalue weighted by molar-refractivity contribution is 5.82. The molecule has 3 fully saturated rings. The van der Waals surface area contributed by atoms with Crippen LogP contribution in [0.1, 0.15) is 52.4 Å². The van der Waals surface area contributed by atoms with E-state index in [1.54, 1.807) is 0 Å². The molecule has 3 nitrogen and oxygen atoms in total. The summed E-state index contributed by atoms with van der Waals surface area (Å²) >= 11 is 0. The molecule has 1 heterocycles. The van der Waals surface area contributed by atoms with Crippen LogP contribution in [0, 0.1) is 17.3 Å². The maximum absolute atomic E-state index is 12.8. The average Bonchev–Trinajstić information content (AvgIpc) is 2.95. The Hall–Kier alpha value is -0.570. The second-order valence-electron chi connectivity index (χ2n) is 7.75. The van der Waals surface area contributed by atoms with Crippen LogP contribution in [0.2, 0.25) is 0 Å². The number of nitrogens with one attached hydrogen (secondary N) is 1. The van der Waals surface area contributed by atoms with Crippen molar-refractivity contribution in [3.05, 3.63) is 0 Å². The quantitative estimate of drug-likeness (QED) is 0.830. The van der Waals surface area contributed by atoms with Gasteiger partial charge in [-0.15, -0.1) is 0 Å². The van der Waals surface area contributed by atoms with Gasteiger partial charge in [-0.2, -0.15) is 0 Å². The third-order valence-electron chi connectivity index (χ3n) is 5.74. The fourth-order valence-electron chi connectivity index (χ4n) is 4.62. The number of hydrogen-bond donors (Lipinski definition) is 1. The molecular weight excluding hydrogens is 236 g/mol. The maximum atomic E-state index is 12.8. The Morgan fingerprint density at radius 2 is 2.00 bits per heavy atom. The highest BCUT2D eigenvalue weighted by Gasteiger charge is 2.46. The summed E-state index contributed by atoms with van der Waals surface area (Å²) < 4.78 is 0. The molecule has 2 saturated carbocycles. The number of likely N-dealkylation sites (tertiary alicyclic amines) is 1. The van der Waals surface area contributed by atoms with E-state index in [2.05, 4.69) is 24.1 Å². The number of rotatable bonds is 2. The molecule has 3 heteroatoms. The Morgan fingerprint density at radius 3 is 2.58 bits per heavy atom. The van der Waals surface area contributed by atoms with Gasteiger partial charge in [0.15, 0.2) is 0 Å². The molecule has 0 spiro atoms. The lowest BCUT2D eigenvalue weighted by atomic mass is 9.86. The van der Waals surface area contributed by atoms with E-state index >= 15 is 0 Å². The minimum atomic E-state index is 0.0425. The van der Waals surface area contributed by atoms with Gasteiger partial charge in [-0.25, -0.2) is 0 Å². The molecule has 1 aliphatic heterocycles. The van der Waals surface area contributed by atoms with Crippen molar-refractivity contribution in [2.75, 3.05) is 13.6 Å². The molecule has 2 aliphatic carbocycles. The number of amides is 1. The van der Waals surface area contributed by atoms with Crippen molar-refractivity contribution in [2.24, 2.45) is 17.3 Å². The van der Waals surface area contributed by atoms with Gasteiger partial charge in [0.1, 0.15) is 0 Å². The monoisotopic (exact) mass is 264 g/mol. The molecule has 0 aromatic rings. The van der Waals surface area contributed by atoms with E-state index in [0.29, 0.717) is 11.9 Å². The number of carbonyl (C=O) groups excluding carboxylic acids is 1. The molecule has 3 aliphatic rings. The van der Waals surface area contributed by atoms with Crippen LogP contribution in [0.5, 0.6) is 0 Å². The topological polar surface area (TPSA) is 32.3 Å². The Morgan fingerprint density at radius 1 is 1.21 bits per heavy atom. The van der Waals surface area contributed by atoms with Crippen LogP contribution in [-0.2, 0) is 4.79 Å². The fourth-order valence-corrected chi connectivity index (χ4v) is 4.62. The second kappa shape index (κ2) is 4.76. The first kappa shape index (κ1) is 13.4. The van der Waals surface area contributed by atoms with Crippen molar-refractivity contribution >= 4 is 5.91 Å². The molecule has 4 unspecified atom stereocenters. The van der Waals surface area contributed by atoms with Crippen molar-refractivity contribution in [2.45, 2.75) is 64.5 Å². The van der Waals surface area contributed by atoms with Crippen LogP contribution in [0.3, 0.4) is 0 Å². The first-order valence-electron chi connectivity index (χ1n) is 7.98. The third kappa shape index (κ3) is 2.42. The number of nitrogens with zero attached hydrogens (tertiary/aromatic N) is 1. The maximum Gasteiger partial charge on any atom is 0.239 e. The van der Waals surface area contributed by atoms with Gasteiger partial charge in [0.2, 0.25) is 5.91 Å². The summed E-state index contributed by atoms with van der Waals surface area (Å²) in [5.41, 5.74) is 0.267. The molecular formula is C16H28N2O. The summed E-state index contributed by atoms with van der Waals surface area (Å²) in [6, 6.07) is 0.584. The largest absolute Gasteiger partial charge is 0.338 e. The highest BCUT2D eigenvalue weighted by Crippen LogP contribution is 2.47.